The third-order valence-corrected chi connectivity index (χ3v) is 9.75. The quantitative estimate of drug-likeness (QED) is 0.145. The molecule has 0 fully saturated rings. The highest BCUT2D eigenvalue weighted by molar-refractivity contribution is 7.10. The van der Waals surface area contributed by atoms with E-state index in [4.69, 9.17) is 11.0 Å². The second-order valence-electron chi connectivity index (χ2n) is 11.5. The van der Waals surface area contributed by atoms with Crippen LogP contribution in [0.3, 0.4) is 0 Å². The molecule has 2 aromatic heterocycles. The first kappa shape index (κ1) is 37.8. The van der Waals surface area contributed by atoms with Crippen molar-refractivity contribution < 1.29 is 0 Å². The third kappa shape index (κ3) is 11.5. The molecule has 8 nitrogen and oxygen atoms in total. The van der Waals surface area contributed by atoms with Crippen LogP contribution in [-0.2, 0) is 12.8 Å². The standard InChI is InChI=1S/C29H45N5S.C6H7N3S/c1-7-12-14-23(9-3)20-34(21-24(10-4)15-13-8-2)25-16-17-28(22(6)18-25)31-32-29-26(19-30)27(11-5)33-35-29;1-2-5-4(3-7)6(8)10-9-5/h16-18,23-24H,7-15,20-21H2,1-6H3;2,8H2,1H3. The molecule has 0 bridgehead atoms. The van der Waals surface area contributed by atoms with Gasteiger partial charge in [0.2, 0.25) is 0 Å². The first-order chi connectivity index (χ1) is 21.8. The predicted molar refractivity (Wildman–Crippen MR) is 191 cm³/mol. The van der Waals surface area contributed by atoms with Crippen LogP contribution < -0.4 is 10.6 Å². The summed E-state index contributed by atoms with van der Waals surface area (Å²) in [5, 5.41) is 28.0. The molecule has 3 aromatic rings. The number of hydrogen-bond donors (Lipinski definition) is 1. The van der Waals surface area contributed by atoms with E-state index in [0.717, 1.165) is 60.4 Å². The Bertz CT molecular complexity index is 1390. The zero-order valence-electron chi connectivity index (χ0n) is 28.4. The van der Waals surface area contributed by atoms with E-state index in [9.17, 15) is 5.26 Å². The Labute approximate surface area is 279 Å². The molecule has 3 rings (SSSR count). The van der Waals surface area contributed by atoms with Gasteiger partial charge in [0.25, 0.3) is 0 Å². The second kappa shape index (κ2) is 20.6. The van der Waals surface area contributed by atoms with Crippen LogP contribution in [0.5, 0.6) is 0 Å². The lowest BCUT2D eigenvalue weighted by Crippen LogP contribution is -2.34. The Kier molecular flexibility index (Phi) is 17.4. The summed E-state index contributed by atoms with van der Waals surface area (Å²) in [7, 11) is 0. The molecular formula is C35H52N8S2. The Hall–Kier alpha value is -3.34. The van der Waals surface area contributed by atoms with Crippen molar-refractivity contribution in [2.24, 2.45) is 22.1 Å². The summed E-state index contributed by atoms with van der Waals surface area (Å²) in [5.41, 5.74) is 11.4. The van der Waals surface area contributed by atoms with E-state index in [2.05, 4.69) is 82.8 Å². The van der Waals surface area contributed by atoms with Gasteiger partial charge in [-0.1, -0.05) is 80.1 Å². The highest BCUT2D eigenvalue weighted by atomic mass is 32.1. The highest BCUT2D eigenvalue weighted by Gasteiger charge is 2.18. The maximum absolute atomic E-state index is 9.47. The zero-order chi connectivity index (χ0) is 33.2. The average Bonchev–Trinajstić information content (AvgIpc) is 3.64. The predicted octanol–water partition coefficient (Wildman–Crippen LogP) is 10.7. The van der Waals surface area contributed by atoms with Crippen LogP contribution in [0.25, 0.3) is 0 Å². The normalized spacial score (nSPS) is 12.3. The SMILES string of the molecule is CCCCC(CC)CN(CC(CC)CCCC)c1ccc(N=Nc2snc(CC)c2C#N)c(C)c1.CCc1nsc(N)c1C#N. The maximum atomic E-state index is 9.47. The van der Waals surface area contributed by atoms with E-state index in [1.807, 2.05) is 19.9 Å². The minimum Gasteiger partial charge on any atom is -0.388 e. The molecule has 10 heteroatoms. The first-order valence-electron chi connectivity index (χ1n) is 16.6. The molecule has 0 saturated carbocycles. The minimum atomic E-state index is 0.527. The summed E-state index contributed by atoms with van der Waals surface area (Å²) in [6.45, 7) is 17.5. The number of anilines is 2. The van der Waals surface area contributed by atoms with Crippen molar-refractivity contribution in [1.82, 2.24) is 8.75 Å². The second-order valence-corrected chi connectivity index (χ2v) is 13.1. The maximum Gasteiger partial charge on any atom is 0.176 e. The van der Waals surface area contributed by atoms with Crippen molar-refractivity contribution in [2.45, 2.75) is 113 Å². The topological polar surface area (TPSA) is 127 Å². The van der Waals surface area contributed by atoms with E-state index in [0.29, 0.717) is 21.1 Å². The van der Waals surface area contributed by atoms with Crippen molar-refractivity contribution in [1.29, 1.82) is 10.5 Å². The van der Waals surface area contributed by atoms with E-state index in [1.54, 1.807) is 0 Å². The van der Waals surface area contributed by atoms with Gasteiger partial charge in [-0.25, -0.2) is 0 Å². The highest BCUT2D eigenvalue weighted by Crippen LogP contribution is 2.32. The molecule has 2 atom stereocenters. The van der Waals surface area contributed by atoms with E-state index in [1.165, 1.54) is 80.1 Å². The van der Waals surface area contributed by atoms with Crippen LogP contribution in [0.2, 0.25) is 0 Å². The third-order valence-electron chi connectivity index (χ3n) is 8.27. The largest absolute Gasteiger partial charge is 0.388 e. The average molecular weight is 649 g/mol. The molecule has 0 aliphatic carbocycles. The Morgan fingerprint density at radius 3 is 1.84 bits per heavy atom. The van der Waals surface area contributed by atoms with Gasteiger partial charge in [-0.3, -0.25) is 0 Å². The summed E-state index contributed by atoms with van der Waals surface area (Å²) in [5.74, 6) is 1.45. The van der Waals surface area contributed by atoms with Gasteiger partial charge in [0, 0.05) is 18.8 Å². The number of nitrogens with two attached hydrogens (primary N) is 1. The van der Waals surface area contributed by atoms with Crippen LogP contribution in [0, 0.1) is 41.4 Å². The Morgan fingerprint density at radius 1 is 0.822 bits per heavy atom. The fourth-order valence-electron chi connectivity index (χ4n) is 5.22. The monoisotopic (exact) mass is 648 g/mol. The van der Waals surface area contributed by atoms with Gasteiger partial charge in [-0.05, 0) is 91.3 Å². The smallest absolute Gasteiger partial charge is 0.176 e. The zero-order valence-corrected chi connectivity index (χ0v) is 30.0. The molecule has 2 N–H and O–H groups in total. The molecule has 0 amide bonds. The first-order valence-corrected chi connectivity index (χ1v) is 18.1. The number of benzene rings is 1. The number of nitrogen functional groups attached to an aromatic ring is 1. The minimum absolute atomic E-state index is 0.527. The van der Waals surface area contributed by atoms with E-state index >= 15 is 0 Å². The number of unbranched alkanes of at least 4 members (excludes halogenated alkanes) is 2. The number of nitriles is 2. The lowest BCUT2D eigenvalue weighted by molar-refractivity contribution is 0.403. The summed E-state index contributed by atoms with van der Waals surface area (Å²) < 4.78 is 8.35. The molecule has 0 aliphatic heterocycles. The Morgan fingerprint density at radius 2 is 1.38 bits per heavy atom. The lowest BCUT2D eigenvalue weighted by atomic mass is 9.95. The number of aryl methyl sites for hydroxylation is 3. The van der Waals surface area contributed by atoms with Crippen molar-refractivity contribution >= 4 is 44.4 Å². The molecule has 2 unspecified atom stereocenters. The van der Waals surface area contributed by atoms with Crippen LogP contribution in [0.1, 0.15) is 121 Å². The fraction of sp³-hybridized carbons (Fsp3) is 0.600. The van der Waals surface area contributed by atoms with Gasteiger partial charge < -0.3 is 10.6 Å². The summed E-state index contributed by atoms with van der Waals surface area (Å²) in [6, 6.07) is 10.8. The van der Waals surface area contributed by atoms with Crippen LogP contribution in [-0.4, -0.2) is 21.8 Å². The summed E-state index contributed by atoms with van der Waals surface area (Å²) >= 11 is 2.43. The van der Waals surface area contributed by atoms with Gasteiger partial charge in [0.05, 0.1) is 17.1 Å². The molecule has 1 aromatic carbocycles. The van der Waals surface area contributed by atoms with Crippen LogP contribution in [0.15, 0.2) is 28.4 Å². The molecule has 0 radical (unpaired) electrons. The molecule has 244 valence electrons. The number of hydrogen-bond acceptors (Lipinski definition) is 10. The van der Waals surface area contributed by atoms with Crippen LogP contribution in [0.4, 0.5) is 21.4 Å². The molecule has 45 heavy (non-hydrogen) atoms. The molecule has 0 spiro atoms. The lowest BCUT2D eigenvalue weighted by Gasteiger charge is -2.33. The molecule has 2 heterocycles. The van der Waals surface area contributed by atoms with Gasteiger partial charge in [-0.2, -0.15) is 19.3 Å². The number of azo groups is 1. The van der Waals surface area contributed by atoms with Gasteiger partial charge in [0.1, 0.15) is 28.3 Å². The summed E-state index contributed by atoms with van der Waals surface area (Å²) in [4.78, 5) is 2.63. The van der Waals surface area contributed by atoms with Crippen molar-refractivity contribution in [3.8, 4) is 12.1 Å². The van der Waals surface area contributed by atoms with Crippen molar-refractivity contribution in [3.63, 3.8) is 0 Å². The molecular weight excluding hydrogens is 597 g/mol. The van der Waals surface area contributed by atoms with Gasteiger partial charge in [-0.15, -0.1) is 10.2 Å². The number of nitrogens with zero attached hydrogens (tertiary/aromatic N) is 7. The number of rotatable bonds is 17. The molecule has 0 aliphatic rings. The van der Waals surface area contributed by atoms with E-state index < -0.39 is 0 Å². The van der Waals surface area contributed by atoms with Crippen molar-refractivity contribution in [3.05, 3.63) is 46.3 Å². The Balaban J connectivity index is 0.000000596. The van der Waals surface area contributed by atoms with Gasteiger partial charge >= 0.3 is 0 Å². The van der Waals surface area contributed by atoms with Crippen LogP contribution >= 0.6 is 23.1 Å². The number of aromatic nitrogens is 2. The fourth-order valence-corrected chi connectivity index (χ4v) is 6.66. The summed E-state index contributed by atoms with van der Waals surface area (Å²) in [6.07, 6.45) is 11.7. The van der Waals surface area contributed by atoms with Gasteiger partial charge in [0.15, 0.2) is 5.00 Å². The molecule has 0 saturated heterocycles. The van der Waals surface area contributed by atoms with E-state index in [-0.39, 0.29) is 0 Å². The van der Waals surface area contributed by atoms with Crippen molar-refractivity contribution in [2.75, 3.05) is 23.7 Å².